The Hall–Kier alpha value is -1.59. The summed E-state index contributed by atoms with van der Waals surface area (Å²) in [7, 11) is 0. The molecule has 0 heterocycles. The summed E-state index contributed by atoms with van der Waals surface area (Å²) in [4.78, 5) is 32.2. The molecule has 0 radical (unpaired) electrons. The summed E-state index contributed by atoms with van der Waals surface area (Å²) in [5, 5.41) is 10.8. The van der Waals surface area contributed by atoms with Gasteiger partial charge < -0.3 is 16.2 Å². The minimum atomic E-state index is -1.27. The second kappa shape index (κ2) is 5.21. The molecule has 1 atom stereocenters. The van der Waals surface area contributed by atoms with Gasteiger partial charge in [-0.3, -0.25) is 9.59 Å². The van der Waals surface area contributed by atoms with Crippen molar-refractivity contribution in [2.75, 3.05) is 0 Å². The Bertz CT molecular complexity index is 250. The van der Waals surface area contributed by atoms with Crippen LogP contribution >= 0.6 is 0 Å². The minimum absolute atomic E-state index is 0.329. The van der Waals surface area contributed by atoms with Crippen LogP contribution in [0.3, 0.4) is 0 Å². The smallest absolute Gasteiger partial charge is 0.326 e. The van der Waals surface area contributed by atoms with Gasteiger partial charge in [-0.15, -0.1) is 0 Å². The van der Waals surface area contributed by atoms with Crippen molar-refractivity contribution in [3.05, 3.63) is 0 Å². The third-order valence-electron chi connectivity index (χ3n) is 1.54. The molecule has 0 rings (SSSR count). The normalized spacial score (nSPS) is 12.2. The number of carboxylic acids is 1. The van der Waals surface area contributed by atoms with E-state index in [4.69, 9.17) is 10.8 Å². The van der Waals surface area contributed by atoms with E-state index in [1.54, 1.807) is 13.8 Å². The SMILES string of the molecule is CC(C)C(=O)N[C@H](CC(N)=O)C(=O)O. The van der Waals surface area contributed by atoms with Crippen molar-refractivity contribution in [1.29, 1.82) is 0 Å². The molecular formula is C8H14N2O4. The average molecular weight is 202 g/mol. The third kappa shape index (κ3) is 4.44. The molecule has 14 heavy (non-hydrogen) atoms. The van der Waals surface area contributed by atoms with Crippen molar-refractivity contribution < 1.29 is 19.5 Å². The molecule has 0 aliphatic heterocycles. The van der Waals surface area contributed by atoms with Gasteiger partial charge in [-0.2, -0.15) is 0 Å². The molecule has 2 amide bonds. The zero-order valence-corrected chi connectivity index (χ0v) is 8.11. The fourth-order valence-electron chi connectivity index (χ4n) is 0.740. The van der Waals surface area contributed by atoms with Crippen molar-refractivity contribution in [2.24, 2.45) is 11.7 Å². The average Bonchev–Trinajstić information content (AvgIpc) is 2.01. The van der Waals surface area contributed by atoms with E-state index in [0.29, 0.717) is 0 Å². The van der Waals surface area contributed by atoms with Crippen LogP contribution in [-0.4, -0.2) is 28.9 Å². The lowest BCUT2D eigenvalue weighted by atomic mass is 10.1. The first kappa shape index (κ1) is 12.4. The van der Waals surface area contributed by atoms with E-state index in [0.717, 1.165) is 0 Å². The number of hydrogen-bond donors (Lipinski definition) is 3. The highest BCUT2D eigenvalue weighted by Gasteiger charge is 2.22. The van der Waals surface area contributed by atoms with E-state index in [-0.39, 0.29) is 5.92 Å². The van der Waals surface area contributed by atoms with Gasteiger partial charge >= 0.3 is 5.97 Å². The fraction of sp³-hybridized carbons (Fsp3) is 0.625. The maximum Gasteiger partial charge on any atom is 0.326 e. The van der Waals surface area contributed by atoms with Crippen molar-refractivity contribution in [3.63, 3.8) is 0 Å². The number of carbonyl (C=O) groups is 3. The Morgan fingerprint density at radius 2 is 1.86 bits per heavy atom. The lowest BCUT2D eigenvalue weighted by molar-refractivity contribution is -0.143. The highest BCUT2D eigenvalue weighted by atomic mass is 16.4. The van der Waals surface area contributed by atoms with Crippen LogP contribution in [0.1, 0.15) is 20.3 Å². The summed E-state index contributed by atoms with van der Waals surface area (Å²) in [5.74, 6) is -2.78. The molecule has 0 spiro atoms. The largest absolute Gasteiger partial charge is 0.480 e. The molecule has 4 N–H and O–H groups in total. The Balaban J connectivity index is 4.31. The second-order valence-electron chi connectivity index (χ2n) is 3.22. The number of primary amides is 1. The first-order chi connectivity index (χ1) is 6.34. The van der Waals surface area contributed by atoms with E-state index in [9.17, 15) is 14.4 Å². The molecule has 6 heteroatoms. The van der Waals surface area contributed by atoms with E-state index in [2.05, 4.69) is 5.32 Å². The number of rotatable bonds is 5. The van der Waals surface area contributed by atoms with Gasteiger partial charge in [0, 0.05) is 5.92 Å². The molecule has 0 bridgehead atoms. The Morgan fingerprint density at radius 3 is 2.14 bits per heavy atom. The molecule has 80 valence electrons. The van der Waals surface area contributed by atoms with Gasteiger partial charge in [-0.1, -0.05) is 13.8 Å². The molecule has 0 aliphatic carbocycles. The minimum Gasteiger partial charge on any atom is -0.480 e. The number of carbonyl (C=O) groups excluding carboxylic acids is 2. The first-order valence-corrected chi connectivity index (χ1v) is 4.16. The van der Waals surface area contributed by atoms with Crippen molar-refractivity contribution in [1.82, 2.24) is 5.32 Å². The van der Waals surface area contributed by atoms with Gasteiger partial charge in [0.15, 0.2) is 0 Å². The Labute approximate surface area is 81.5 Å². The van der Waals surface area contributed by atoms with Crippen LogP contribution in [0.25, 0.3) is 0 Å². The molecule has 0 unspecified atom stereocenters. The number of nitrogens with one attached hydrogen (secondary N) is 1. The van der Waals surface area contributed by atoms with Crippen LogP contribution in [0.5, 0.6) is 0 Å². The Kier molecular flexibility index (Phi) is 4.62. The van der Waals surface area contributed by atoms with Crippen molar-refractivity contribution in [3.8, 4) is 0 Å². The van der Waals surface area contributed by atoms with E-state index < -0.39 is 30.2 Å². The summed E-state index contributed by atoms with van der Waals surface area (Å²) in [6.07, 6.45) is -0.395. The molecule has 0 aromatic heterocycles. The molecule has 0 aromatic carbocycles. The van der Waals surface area contributed by atoms with Crippen molar-refractivity contribution >= 4 is 17.8 Å². The molecular weight excluding hydrogens is 188 g/mol. The number of aliphatic carboxylic acids is 1. The van der Waals surface area contributed by atoms with Crippen LogP contribution in [0.15, 0.2) is 0 Å². The summed E-state index contributed by atoms with van der Waals surface area (Å²) in [6.45, 7) is 3.25. The van der Waals surface area contributed by atoms with Crippen LogP contribution in [0.2, 0.25) is 0 Å². The molecule has 0 saturated heterocycles. The van der Waals surface area contributed by atoms with Crippen molar-refractivity contribution in [2.45, 2.75) is 26.3 Å². The standard InChI is InChI=1S/C8H14N2O4/c1-4(2)7(12)10-5(8(13)14)3-6(9)11/h4-5H,3H2,1-2H3,(H2,9,11)(H,10,12)(H,13,14)/t5-/m1/s1. The van der Waals surface area contributed by atoms with Crippen LogP contribution in [-0.2, 0) is 14.4 Å². The predicted molar refractivity (Wildman–Crippen MR) is 48.2 cm³/mol. The maximum atomic E-state index is 11.1. The zero-order chi connectivity index (χ0) is 11.3. The quantitative estimate of drug-likeness (QED) is 0.536. The molecule has 0 saturated carbocycles. The second-order valence-corrected chi connectivity index (χ2v) is 3.22. The predicted octanol–water partition coefficient (Wildman–Crippen LogP) is -0.913. The molecule has 0 aliphatic rings. The van der Waals surface area contributed by atoms with Crippen LogP contribution < -0.4 is 11.1 Å². The molecule has 6 nitrogen and oxygen atoms in total. The summed E-state index contributed by atoms with van der Waals surface area (Å²) >= 11 is 0. The monoisotopic (exact) mass is 202 g/mol. The fourth-order valence-corrected chi connectivity index (χ4v) is 0.740. The number of hydrogen-bond acceptors (Lipinski definition) is 3. The van der Waals surface area contributed by atoms with Gasteiger partial charge in [-0.25, -0.2) is 4.79 Å². The van der Waals surface area contributed by atoms with Gasteiger partial charge in [0.25, 0.3) is 0 Å². The van der Waals surface area contributed by atoms with Gasteiger partial charge in [0.05, 0.1) is 6.42 Å². The van der Waals surface area contributed by atoms with Crippen LogP contribution in [0, 0.1) is 5.92 Å². The van der Waals surface area contributed by atoms with Gasteiger partial charge in [0.1, 0.15) is 6.04 Å². The zero-order valence-electron chi connectivity index (χ0n) is 8.11. The van der Waals surface area contributed by atoms with Gasteiger partial charge in [0.2, 0.25) is 11.8 Å². The number of nitrogens with two attached hydrogens (primary N) is 1. The summed E-state index contributed by atoms with van der Waals surface area (Å²) in [5.41, 5.74) is 4.83. The summed E-state index contributed by atoms with van der Waals surface area (Å²) < 4.78 is 0. The third-order valence-corrected chi connectivity index (χ3v) is 1.54. The Morgan fingerprint density at radius 1 is 1.36 bits per heavy atom. The van der Waals surface area contributed by atoms with E-state index in [1.807, 2.05) is 0 Å². The number of amides is 2. The lowest BCUT2D eigenvalue weighted by Crippen LogP contribution is -2.44. The first-order valence-electron chi connectivity index (χ1n) is 4.16. The number of carboxylic acid groups (broad SMARTS) is 1. The highest BCUT2D eigenvalue weighted by molar-refractivity contribution is 5.88. The van der Waals surface area contributed by atoms with Crippen LogP contribution in [0.4, 0.5) is 0 Å². The highest BCUT2D eigenvalue weighted by Crippen LogP contribution is 1.96. The lowest BCUT2D eigenvalue weighted by Gasteiger charge is -2.14. The summed E-state index contributed by atoms with van der Waals surface area (Å²) in [6, 6.07) is -1.23. The molecule has 0 fully saturated rings. The maximum absolute atomic E-state index is 11.1. The van der Waals surface area contributed by atoms with Gasteiger partial charge in [-0.05, 0) is 0 Å². The molecule has 0 aromatic rings. The van der Waals surface area contributed by atoms with E-state index in [1.165, 1.54) is 0 Å². The topological polar surface area (TPSA) is 109 Å². The van der Waals surface area contributed by atoms with E-state index >= 15 is 0 Å².